The predicted octanol–water partition coefficient (Wildman–Crippen LogP) is 1.99. The summed E-state index contributed by atoms with van der Waals surface area (Å²) in [7, 11) is 1.64. The maximum atomic E-state index is 9.05. The van der Waals surface area contributed by atoms with Crippen LogP contribution in [0.3, 0.4) is 0 Å². The summed E-state index contributed by atoms with van der Waals surface area (Å²) in [5.41, 5.74) is 2.21. The van der Waals surface area contributed by atoms with Crippen LogP contribution in [0, 0.1) is 0 Å². The lowest BCUT2D eigenvalue weighted by atomic mass is 10.1. The minimum absolute atomic E-state index is 0.551. The van der Waals surface area contributed by atoms with Gasteiger partial charge in [0, 0.05) is 25.3 Å². The number of H-pyrrole nitrogens is 1. The number of fused-ring (bicyclic) bond motifs is 1. The first-order chi connectivity index (χ1) is 6.25. The molecular formula is C10H12N2O. The summed E-state index contributed by atoms with van der Waals surface area (Å²) in [6, 6.07) is 8.14. The van der Waals surface area contributed by atoms with E-state index < -0.39 is 0 Å². The number of aromatic nitrogens is 1. The van der Waals surface area contributed by atoms with Gasteiger partial charge in [0.1, 0.15) is 0 Å². The van der Waals surface area contributed by atoms with Crippen LogP contribution in [-0.4, -0.2) is 22.3 Å². The van der Waals surface area contributed by atoms with Gasteiger partial charge in [0.15, 0.2) is 0 Å². The maximum Gasteiger partial charge on any atom is 0.0486 e. The second kappa shape index (κ2) is 3.20. The van der Waals surface area contributed by atoms with Crippen LogP contribution in [0.2, 0.25) is 0 Å². The topological polar surface area (TPSA) is 39.3 Å². The molecule has 0 atom stereocenters. The molecule has 3 heteroatoms. The van der Waals surface area contributed by atoms with E-state index in [1.165, 1.54) is 10.4 Å². The molecule has 0 spiro atoms. The van der Waals surface area contributed by atoms with Crippen LogP contribution in [0.5, 0.6) is 0 Å². The van der Waals surface area contributed by atoms with Gasteiger partial charge in [0.25, 0.3) is 0 Å². The molecule has 0 aliphatic rings. The molecule has 0 fully saturated rings. The molecule has 1 aromatic heterocycles. The quantitative estimate of drug-likeness (QED) is 0.687. The molecule has 1 heterocycles. The van der Waals surface area contributed by atoms with Crippen molar-refractivity contribution in [3.05, 3.63) is 36.0 Å². The van der Waals surface area contributed by atoms with Crippen molar-refractivity contribution in [2.24, 2.45) is 0 Å². The highest BCUT2D eigenvalue weighted by Gasteiger charge is 1.98. The van der Waals surface area contributed by atoms with E-state index in [0.29, 0.717) is 6.54 Å². The zero-order valence-electron chi connectivity index (χ0n) is 7.49. The van der Waals surface area contributed by atoms with E-state index in [1.54, 1.807) is 7.05 Å². The number of hydrogen-bond acceptors (Lipinski definition) is 2. The SMILES string of the molecule is CN(O)Cc1ccc2cc[nH]c2c1. The molecule has 2 N–H and O–H groups in total. The summed E-state index contributed by atoms with van der Waals surface area (Å²) in [6.07, 6.45) is 1.91. The average Bonchev–Trinajstić information content (AvgIpc) is 2.49. The summed E-state index contributed by atoms with van der Waals surface area (Å²) in [5.74, 6) is 0. The number of nitrogens with one attached hydrogen (secondary N) is 1. The van der Waals surface area contributed by atoms with E-state index in [-0.39, 0.29) is 0 Å². The summed E-state index contributed by atoms with van der Waals surface area (Å²) < 4.78 is 0. The van der Waals surface area contributed by atoms with Gasteiger partial charge in [-0.25, -0.2) is 0 Å². The molecule has 1 aromatic carbocycles. The smallest absolute Gasteiger partial charge is 0.0486 e. The second-order valence-corrected chi connectivity index (χ2v) is 3.22. The van der Waals surface area contributed by atoms with Crippen molar-refractivity contribution in [1.82, 2.24) is 10.0 Å². The fourth-order valence-electron chi connectivity index (χ4n) is 1.46. The Balaban J connectivity index is 2.37. The number of nitrogens with zero attached hydrogens (tertiary/aromatic N) is 1. The van der Waals surface area contributed by atoms with Crippen molar-refractivity contribution in [2.75, 3.05) is 7.05 Å². The molecule has 0 amide bonds. The predicted molar refractivity (Wildman–Crippen MR) is 51.6 cm³/mol. The molecule has 2 rings (SSSR count). The fraction of sp³-hybridized carbons (Fsp3) is 0.200. The van der Waals surface area contributed by atoms with E-state index in [4.69, 9.17) is 5.21 Å². The molecule has 3 nitrogen and oxygen atoms in total. The molecule has 0 aliphatic heterocycles. The highest BCUT2D eigenvalue weighted by Crippen LogP contribution is 2.14. The average molecular weight is 176 g/mol. The second-order valence-electron chi connectivity index (χ2n) is 3.22. The third-order valence-corrected chi connectivity index (χ3v) is 2.03. The molecule has 13 heavy (non-hydrogen) atoms. The van der Waals surface area contributed by atoms with Gasteiger partial charge in [-0.15, -0.1) is 0 Å². The van der Waals surface area contributed by atoms with Gasteiger partial charge in [-0.2, -0.15) is 5.06 Å². The van der Waals surface area contributed by atoms with Gasteiger partial charge < -0.3 is 10.2 Å². The Kier molecular flexibility index (Phi) is 2.04. The minimum atomic E-state index is 0.551. The Morgan fingerprint density at radius 2 is 2.23 bits per heavy atom. The number of hydroxylamine groups is 2. The highest BCUT2D eigenvalue weighted by molar-refractivity contribution is 5.79. The van der Waals surface area contributed by atoms with Crippen LogP contribution in [0.25, 0.3) is 10.9 Å². The van der Waals surface area contributed by atoms with E-state index in [0.717, 1.165) is 11.1 Å². The van der Waals surface area contributed by atoms with Crippen LogP contribution in [-0.2, 0) is 6.54 Å². The molecule has 2 aromatic rings. The molecule has 0 unspecified atom stereocenters. The normalized spacial score (nSPS) is 11.3. The van der Waals surface area contributed by atoms with Gasteiger partial charge in [0.2, 0.25) is 0 Å². The molecule has 0 saturated carbocycles. The minimum Gasteiger partial charge on any atom is -0.361 e. The lowest BCUT2D eigenvalue weighted by molar-refractivity contribution is -0.0731. The summed E-state index contributed by atoms with van der Waals surface area (Å²) in [6.45, 7) is 0.551. The van der Waals surface area contributed by atoms with Crippen LogP contribution in [0.4, 0.5) is 0 Å². The summed E-state index contributed by atoms with van der Waals surface area (Å²) in [5, 5.41) is 11.4. The van der Waals surface area contributed by atoms with E-state index >= 15 is 0 Å². The van der Waals surface area contributed by atoms with Gasteiger partial charge >= 0.3 is 0 Å². The first-order valence-electron chi connectivity index (χ1n) is 4.22. The maximum absolute atomic E-state index is 9.05. The van der Waals surface area contributed by atoms with Gasteiger partial charge in [0.05, 0.1) is 0 Å². The fourth-order valence-corrected chi connectivity index (χ4v) is 1.46. The molecule has 0 saturated heterocycles. The Morgan fingerprint density at radius 1 is 1.38 bits per heavy atom. The van der Waals surface area contributed by atoms with Crippen molar-refractivity contribution in [3.8, 4) is 0 Å². The van der Waals surface area contributed by atoms with Crippen molar-refractivity contribution in [3.63, 3.8) is 0 Å². The Labute approximate surface area is 76.6 Å². The number of rotatable bonds is 2. The largest absolute Gasteiger partial charge is 0.361 e. The number of benzene rings is 1. The lowest BCUT2D eigenvalue weighted by Crippen LogP contribution is -2.11. The molecular weight excluding hydrogens is 164 g/mol. The highest BCUT2D eigenvalue weighted by atomic mass is 16.5. The standard InChI is InChI=1S/C10H12N2O/c1-12(13)7-8-2-3-9-4-5-11-10(9)6-8/h2-6,11,13H,7H2,1H3. The van der Waals surface area contributed by atoms with Gasteiger partial charge in [-0.05, 0) is 23.1 Å². The third-order valence-electron chi connectivity index (χ3n) is 2.03. The number of hydrogen-bond donors (Lipinski definition) is 2. The number of aromatic amines is 1. The summed E-state index contributed by atoms with van der Waals surface area (Å²) >= 11 is 0. The first-order valence-corrected chi connectivity index (χ1v) is 4.22. The van der Waals surface area contributed by atoms with E-state index in [9.17, 15) is 0 Å². The molecule has 68 valence electrons. The lowest BCUT2D eigenvalue weighted by Gasteiger charge is -2.07. The zero-order chi connectivity index (χ0) is 9.26. The van der Waals surface area contributed by atoms with Crippen LogP contribution in [0.1, 0.15) is 5.56 Å². The van der Waals surface area contributed by atoms with Crippen molar-refractivity contribution < 1.29 is 5.21 Å². The van der Waals surface area contributed by atoms with Gasteiger partial charge in [-0.3, -0.25) is 0 Å². The van der Waals surface area contributed by atoms with Crippen LogP contribution in [0.15, 0.2) is 30.5 Å². The van der Waals surface area contributed by atoms with Gasteiger partial charge in [-0.1, -0.05) is 12.1 Å². The summed E-state index contributed by atoms with van der Waals surface area (Å²) in [4.78, 5) is 3.13. The zero-order valence-corrected chi connectivity index (χ0v) is 7.49. The van der Waals surface area contributed by atoms with E-state index in [1.807, 2.05) is 30.5 Å². The first kappa shape index (κ1) is 8.29. The van der Waals surface area contributed by atoms with Crippen molar-refractivity contribution in [1.29, 1.82) is 0 Å². The molecule has 0 radical (unpaired) electrons. The Hall–Kier alpha value is -1.32. The van der Waals surface area contributed by atoms with Crippen molar-refractivity contribution >= 4 is 10.9 Å². The Morgan fingerprint density at radius 3 is 3.00 bits per heavy atom. The van der Waals surface area contributed by atoms with Crippen LogP contribution >= 0.6 is 0 Å². The molecule has 0 bridgehead atoms. The third kappa shape index (κ3) is 1.71. The van der Waals surface area contributed by atoms with E-state index in [2.05, 4.69) is 4.98 Å². The molecule has 0 aliphatic carbocycles. The van der Waals surface area contributed by atoms with Crippen molar-refractivity contribution in [2.45, 2.75) is 6.54 Å². The monoisotopic (exact) mass is 176 g/mol. The Bertz CT molecular complexity index is 406. The van der Waals surface area contributed by atoms with Crippen LogP contribution < -0.4 is 0 Å².